The van der Waals surface area contributed by atoms with Gasteiger partial charge in [-0.05, 0) is 31.6 Å². The number of hydrogen-bond acceptors (Lipinski definition) is 4. The van der Waals surface area contributed by atoms with Crippen molar-refractivity contribution in [3.8, 4) is 0 Å². The summed E-state index contributed by atoms with van der Waals surface area (Å²) >= 11 is 0. The fraction of sp³-hybridized carbons (Fsp3) is 0.857. The molecule has 0 aromatic rings. The van der Waals surface area contributed by atoms with Crippen molar-refractivity contribution in [1.82, 2.24) is 0 Å². The molecule has 104 valence electrons. The van der Waals surface area contributed by atoms with Crippen LogP contribution in [0.2, 0.25) is 0 Å². The fourth-order valence-corrected chi connectivity index (χ4v) is 2.76. The zero-order valence-electron chi connectivity index (χ0n) is 11.9. The van der Waals surface area contributed by atoms with Crippen molar-refractivity contribution in [3.05, 3.63) is 0 Å². The largest absolute Gasteiger partial charge is 0.359 e. The van der Waals surface area contributed by atoms with Crippen molar-refractivity contribution < 1.29 is 19.1 Å². The van der Waals surface area contributed by atoms with E-state index in [1.165, 1.54) is 0 Å². The highest BCUT2D eigenvalue weighted by Gasteiger charge is 2.58. The Morgan fingerprint density at radius 1 is 1.44 bits per heavy atom. The number of Topliss-reactive ketones (excluding diaryl/α,β-unsaturated/α-hetero) is 1. The Kier molecular flexibility index (Phi) is 5.05. The number of aldehydes is 1. The van der Waals surface area contributed by atoms with Gasteiger partial charge in [0, 0.05) is 18.9 Å². The molecule has 4 heteroatoms. The van der Waals surface area contributed by atoms with E-state index in [0.29, 0.717) is 0 Å². The van der Waals surface area contributed by atoms with Crippen molar-refractivity contribution in [3.63, 3.8) is 0 Å². The molecular formula is C14H24O4. The summed E-state index contributed by atoms with van der Waals surface area (Å²) in [5.41, 5.74) is 0.0242. The van der Waals surface area contributed by atoms with Gasteiger partial charge in [-0.2, -0.15) is 0 Å². The van der Waals surface area contributed by atoms with Crippen molar-refractivity contribution in [1.29, 1.82) is 0 Å². The maximum absolute atomic E-state index is 11.7. The van der Waals surface area contributed by atoms with Crippen LogP contribution < -0.4 is 0 Å². The number of methoxy groups -OCH3 is 1. The minimum atomic E-state index is -0.175. The first-order valence-electron chi connectivity index (χ1n) is 6.42. The second-order valence-electron chi connectivity index (χ2n) is 5.82. The van der Waals surface area contributed by atoms with Gasteiger partial charge in [0.05, 0.1) is 6.10 Å². The van der Waals surface area contributed by atoms with E-state index >= 15 is 0 Å². The van der Waals surface area contributed by atoms with Gasteiger partial charge in [-0.15, -0.1) is 0 Å². The minimum absolute atomic E-state index is 0.0242. The molecule has 0 saturated heterocycles. The van der Waals surface area contributed by atoms with E-state index < -0.39 is 0 Å². The Morgan fingerprint density at radius 3 is 2.44 bits per heavy atom. The molecule has 0 spiro atoms. The zero-order valence-corrected chi connectivity index (χ0v) is 11.9. The molecule has 1 fully saturated rings. The smallest absolute Gasteiger partial charge is 0.146 e. The third kappa shape index (κ3) is 3.18. The summed E-state index contributed by atoms with van der Waals surface area (Å²) in [4.78, 5) is 22.7. The number of ketones is 1. The first-order valence-corrected chi connectivity index (χ1v) is 6.42. The molecule has 0 radical (unpaired) electrons. The van der Waals surface area contributed by atoms with Gasteiger partial charge in [-0.1, -0.05) is 13.8 Å². The molecule has 1 unspecified atom stereocenters. The van der Waals surface area contributed by atoms with Gasteiger partial charge < -0.3 is 14.3 Å². The maximum atomic E-state index is 11.7. The SMILES string of the molecule is COCOC(C)[C@@H](C[C@@H]1[C@H](C=O)C1(C)C)C(C)=O. The lowest BCUT2D eigenvalue weighted by atomic mass is 9.90. The molecule has 1 aliphatic carbocycles. The lowest BCUT2D eigenvalue weighted by Crippen LogP contribution is -2.28. The molecule has 0 bridgehead atoms. The maximum Gasteiger partial charge on any atom is 0.146 e. The van der Waals surface area contributed by atoms with E-state index in [0.717, 1.165) is 12.7 Å². The molecule has 1 rings (SSSR count). The molecular weight excluding hydrogens is 232 g/mol. The number of ether oxygens (including phenoxy) is 2. The highest BCUT2D eigenvalue weighted by atomic mass is 16.7. The average molecular weight is 256 g/mol. The van der Waals surface area contributed by atoms with Crippen LogP contribution >= 0.6 is 0 Å². The van der Waals surface area contributed by atoms with Crippen LogP contribution in [-0.4, -0.2) is 32.1 Å². The van der Waals surface area contributed by atoms with Crippen molar-refractivity contribution >= 4 is 12.1 Å². The zero-order chi connectivity index (χ0) is 13.9. The summed E-state index contributed by atoms with van der Waals surface area (Å²) in [6.45, 7) is 7.82. The van der Waals surface area contributed by atoms with Gasteiger partial charge in [0.1, 0.15) is 18.9 Å². The summed E-state index contributed by atoms with van der Waals surface area (Å²) < 4.78 is 10.3. The predicted octanol–water partition coefficient (Wildman–Crippen LogP) is 2.06. The van der Waals surface area contributed by atoms with E-state index in [4.69, 9.17) is 9.47 Å². The molecule has 0 heterocycles. The number of hydrogen-bond donors (Lipinski definition) is 0. The third-order valence-electron chi connectivity index (χ3n) is 4.33. The van der Waals surface area contributed by atoms with E-state index in [2.05, 4.69) is 13.8 Å². The van der Waals surface area contributed by atoms with E-state index in [1.54, 1.807) is 14.0 Å². The van der Waals surface area contributed by atoms with Crippen molar-refractivity contribution in [2.75, 3.05) is 13.9 Å². The molecule has 0 aromatic heterocycles. The molecule has 4 atom stereocenters. The van der Waals surface area contributed by atoms with Crippen LogP contribution in [0.1, 0.15) is 34.1 Å². The van der Waals surface area contributed by atoms with Crippen LogP contribution in [-0.2, 0) is 19.1 Å². The Labute approximate surface area is 109 Å². The van der Waals surface area contributed by atoms with Gasteiger partial charge in [-0.3, -0.25) is 4.79 Å². The van der Waals surface area contributed by atoms with E-state index in [1.807, 2.05) is 6.92 Å². The molecule has 0 aliphatic heterocycles. The van der Waals surface area contributed by atoms with Crippen LogP contribution in [0, 0.1) is 23.2 Å². The standard InChI is InChI=1S/C14H24O4/c1-9(16)11(10(2)18-8-17-5)6-12-13(7-15)14(12,3)4/h7,10-13H,6,8H2,1-5H3/t10?,11-,12+,13-/m0/s1. The summed E-state index contributed by atoms with van der Waals surface area (Å²) in [5, 5.41) is 0. The second kappa shape index (κ2) is 5.93. The van der Waals surface area contributed by atoms with Crippen LogP contribution in [0.5, 0.6) is 0 Å². The van der Waals surface area contributed by atoms with Crippen LogP contribution in [0.4, 0.5) is 0 Å². The second-order valence-corrected chi connectivity index (χ2v) is 5.82. The van der Waals surface area contributed by atoms with Crippen molar-refractivity contribution in [2.45, 2.75) is 40.2 Å². The van der Waals surface area contributed by atoms with Crippen molar-refractivity contribution in [2.24, 2.45) is 23.2 Å². The van der Waals surface area contributed by atoms with Gasteiger partial charge >= 0.3 is 0 Å². The Hall–Kier alpha value is -0.740. The summed E-state index contributed by atoms with van der Waals surface area (Å²) in [6, 6.07) is 0. The highest BCUT2D eigenvalue weighted by Crippen LogP contribution is 2.59. The topological polar surface area (TPSA) is 52.6 Å². The number of rotatable bonds is 8. The Balaban J connectivity index is 2.59. The first kappa shape index (κ1) is 15.3. The molecule has 1 saturated carbocycles. The molecule has 0 N–H and O–H groups in total. The van der Waals surface area contributed by atoms with E-state index in [-0.39, 0.29) is 41.8 Å². The minimum Gasteiger partial charge on any atom is -0.359 e. The third-order valence-corrected chi connectivity index (χ3v) is 4.33. The van der Waals surface area contributed by atoms with Crippen LogP contribution in [0.3, 0.4) is 0 Å². The fourth-order valence-electron chi connectivity index (χ4n) is 2.76. The normalized spacial score (nSPS) is 28.5. The van der Waals surface area contributed by atoms with Crippen LogP contribution in [0.25, 0.3) is 0 Å². The Bertz CT molecular complexity index is 311. The predicted molar refractivity (Wildman–Crippen MR) is 68.0 cm³/mol. The molecule has 18 heavy (non-hydrogen) atoms. The van der Waals surface area contributed by atoms with Gasteiger partial charge in [-0.25, -0.2) is 0 Å². The Morgan fingerprint density at radius 2 is 2.06 bits per heavy atom. The first-order chi connectivity index (χ1) is 8.36. The quantitative estimate of drug-likeness (QED) is 0.493. The van der Waals surface area contributed by atoms with Gasteiger partial charge in [0.25, 0.3) is 0 Å². The molecule has 0 amide bonds. The summed E-state index contributed by atoms with van der Waals surface area (Å²) in [6.07, 6.45) is 1.56. The molecule has 0 aromatic carbocycles. The number of carbonyl (C=O) groups excluding carboxylic acids is 2. The van der Waals surface area contributed by atoms with Gasteiger partial charge in [0.2, 0.25) is 0 Å². The van der Waals surface area contributed by atoms with E-state index in [9.17, 15) is 9.59 Å². The summed E-state index contributed by atoms with van der Waals surface area (Å²) in [5.74, 6) is 0.326. The van der Waals surface area contributed by atoms with Crippen LogP contribution in [0.15, 0.2) is 0 Å². The lowest BCUT2D eigenvalue weighted by Gasteiger charge is -2.22. The summed E-state index contributed by atoms with van der Waals surface area (Å²) in [7, 11) is 1.56. The monoisotopic (exact) mass is 256 g/mol. The molecule has 1 aliphatic rings. The molecule has 4 nitrogen and oxygen atoms in total. The number of carbonyl (C=O) groups is 2. The lowest BCUT2D eigenvalue weighted by molar-refractivity contribution is -0.132. The van der Waals surface area contributed by atoms with Gasteiger partial charge in [0.15, 0.2) is 0 Å². The highest BCUT2D eigenvalue weighted by molar-refractivity contribution is 5.79. The average Bonchev–Trinajstić information content (AvgIpc) is 2.82.